The quantitative estimate of drug-likeness (QED) is 0.879. The first kappa shape index (κ1) is 17.5. The Morgan fingerprint density at radius 2 is 2.04 bits per heavy atom. The molecule has 0 aliphatic carbocycles. The molecule has 3 atom stereocenters. The molecule has 2 aromatic rings. The summed E-state index contributed by atoms with van der Waals surface area (Å²) in [5.74, 6) is 0.653. The van der Waals surface area contributed by atoms with Crippen molar-refractivity contribution in [3.8, 4) is 5.69 Å². The largest absolute Gasteiger partial charge is 0.378 e. The second kappa shape index (κ2) is 6.76. The lowest BCUT2D eigenvalue weighted by Gasteiger charge is -2.49. The number of hydrogen-bond donors (Lipinski definition) is 1. The zero-order valence-electron chi connectivity index (χ0n) is 16.0. The third-order valence-corrected chi connectivity index (χ3v) is 6.36. The lowest BCUT2D eigenvalue weighted by Crippen LogP contribution is -2.59. The molecule has 2 saturated heterocycles. The molecule has 0 aromatic carbocycles. The molecule has 0 saturated carbocycles. The molecule has 0 spiro atoms. The number of rotatable bonds is 3. The standard InChI is InChI=1S/C21H25N5O2/c1-24-16-8-15(9-17(24)13-28-12-16)25-7-3-5-18-19(20(22)27)11-26(21(18)25)14-4-2-6-23-10-14/h2-4,6-7,10-11,15-17H,5,8-9,12-13H2,1H3,(H2,22,27)/t15-,16-,17+. The number of primary amides is 1. The smallest absolute Gasteiger partial charge is 0.250 e. The van der Waals surface area contributed by atoms with Crippen LogP contribution in [-0.2, 0) is 11.2 Å². The number of likely N-dealkylation sites (N-methyl/N-ethyl adjacent to an activating group) is 1. The van der Waals surface area contributed by atoms with Gasteiger partial charge in [-0.3, -0.25) is 14.7 Å². The van der Waals surface area contributed by atoms with E-state index in [4.69, 9.17) is 10.5 Å². The zero-order valence-corrected chi connectivity index (χ0v) is 16.0. The molecule has 2 bridgehead atoms. The summed E-state index contributed by atoms with van der Waals surface area (Å²) < 4.78 is 7.85. The maximum atomic E-state index is 12.1. The highest BCUT2D eigenvalue weighted by Crippen LogP contribution is 2.38. The minimum absolute atomic E-state index is 0.358. The van der Waals surface area contributed by atoms with Crippen molar-refractivity contribution in [3.63, 3.8) is 0 Å². The highest BCUT2D eigenvalue weighted by atomic mass is 16.5. The van der Waals surface area contributed by atoms with Gasteiger partial charge in [-0.05, 0) is 38.4 Å². The molecule has 3 aliphatic rings. The number of aromatic nitrogens is 2. The van der Waals surface area contributed by atoms with Gasteiger partial charge in [0.2, 0.25) is 0 Å². The molecule has 3 aliphatic heterocycles. The van der Waals surface area contributed by atoms with E-state index in [2.05, 4.69) is 38.7 Å². The Hall–Kier alpha value is -2.64. The topological polar surface area (TPSA) is 76.6 Å². The van der Waals surface area contributed by atoms with Crippen LogP contribution in [-0.4, -0.2) is 58.7 Å². The van der Waals surface area contributed by atoms with Gasteiger partial charge in [0, 0.05) is 42.3 Å². The fraction of sp³-hybridized carbons (Fsp3) is 0.429. The van der Waals surface area contributed by atoms with Gasteiger partial charge in [0.1, 0.15) is 5.82 Å². The van der Waals surface area contributed by atoms with Crippen LogP contribution in [0.15, 0.2) is 43.0 Å². The molecule has 2 fully saturated rings. The van der Waals surface area contributed by atoms with Crippen LogP contribution >= 0.6 is 0 Å². The second-order valence-electron chi connectivity index (χ2n) is 7.92. The number of carbonyl (C=O) groups excluding carboxylic acids is 1. The Kier molecular flexibility index (Phi) is 4.21. The Morgan fingerprint density at radius 3 is 2.71 bits per heavy atom. The predicted octanol–water partition coefficient (Wildman–Crippen LogP) is 1.71. The van der Waals surface area contributed by atoms with Gasteiger partial charge in [-0.2, -0.15) is 0 Å². The van der Waals surface area contributed by atoms with E-state index < -0.39 is 0 Å². The number of fused-ring (bicyclic) bond motifs is 3. The van der Waals surface area contributed by atoms with Crippen LogP contribution in [0.5, 0.6) is 0 Å². The molecule has 7 nitrogen and oxygen atoms in total. The average Bonchev–Trinajstić information content (AvgIpc) is 3.09. The number of carbonyl (C=O) groups is 1. The summed E-state index contributed by atoms with van der Waals surface area (Å²) in [7, 11) is 2.20. The minimum atomic E-state index is -0.386. The minimum Gasteiger partial charge on any atom is -0.378 e. The SMILES string of the molecule is CN1[C@@H]2COC[C@H]1C[C@@H](N1C=CCc3c(C(N)=O)cn(-c4cccnc4)c31)C2. The van der Waals surface area contributed by atoms with Crippen molar-refractivity contribution in [3.05, 3.63) is 54.1 Å². The van der Waals surface area contributed by atoms with Crippen LogP contribution in [0.1, 0.15) is 28.8 Å². The summed E-state index contributed by atoms with van der Waals surface area (Å²) in [4.78, 5) is 21.2. The maximum Gasteiger partial charge on any atom is 0.250 e. The first-order valence-corrected chi connectivity index (χ1v) is 9.82. The number of morpholine rings is 1. The van der Waals surface area contributed by atoms with Gasteiger partial charge < -0.3 is 19.9 Å². The first-order chi connectivity index (χ1) is 13.6. The van der Waals surface area contributed by atoms with Crippen molar-refractivity contribution in [2.24, 2.45) is 5.73 Å². The highest BCUT2D eigenvalue weighted by Gasteiger charge is 2.40. The molecule has 5 heterocycles. The summed E-state index contributed by atoms with van der Waals surface area (Å²) in [5.41, 5.74) is 8.23. The number of anilines is 1. The van der Waals surface area contributed by atoms with Gasteiger partial charge in [0.15, 0.2) is 0 Å². The molecule has 0 unspecified atom stereocenters. The fourth-order valence-corrected chi connectivity index (χ4v) is 4.86. The maximum absolute atomic E-state index is 12.1. The van der Waals surface area contributed by atoms with Gasteiger partial charge >= 0.3 is 0 Å². The lowest BCUT2D eigenvalue weighted by molar-refractivity contribution is -0.0645. The van der Waals surface area contributed by atoms with Crippen LogP contribution in [0.4, 0.5) is 5.82 Å². The fourth-order valence-electron chi connectivity index (χ4n) is 4.86. The number of piperidine rings is 1. The molecular weight excluding hydrogens is 354 g/mol. The molecule has 0 radical (unpaired) electrons. The van der Waals surface area contributed by atoms with Gasteiger partial charge in [0.05, 0.1) is 30.7 Å². The van der Waals surface area contributed by atoms with E-state index in [0.717, 1.165) is 43.1 Å². The van der Waals surface area contributed by atoms with E-state index in [9.17, 15) is 4.79 Å². The number of ether oxygens (including phenoxy) is 1. The number of pyridine rings is 1. The average molecular weight is 379 g/mol. The molecule has 2 aromatic heterocycles. The van der Waals surface area contributed by atoms with E-state index in [0.29, 0.717) is 30.1 Å². The third kappa shape index (κ3) is 2.73. The normalized spacial score (nSPS) is 26.9. The van der Waals surface area contributed by atoms with Crippen LogP contribution in [0.3, 0.4) is 0 Å². The first-order valence-electron chi connectivity index (χ1n) is 9.82. The van der Waals surface area contributed by atoms with E-state index in [1.807, 2.05) is 24.5 Å². The van der Waals surface area contributed by atoms with E-state index in [-0.39, 0.29) is 5.91 Å². The van der Waals surface area contributed by atoms with Crippen molar-refractivity contribution in [2.45, 2.75) is 37.4 Å². The van der Waals surface area contributed by atoms with E-state index in [1.54, 1.807) is 6.20 Å². The molecule has 146 valence electrons. The summed E-state index contributed by atoms with van der Waals surface area (Å²) in [5, 5.41) is 0. The number of nitrogens with zero attached hydrogens (tertiary/aromatic N) is 4. The van der Waals surface area contributed by atoms with Crippen molar-refractivity contribution >= 4 is 11.7 Å². The molecular formula is C21H25N5O2. The van der Waals surface area contributed by atoms with Crippen molar-refractivity contribution in [2.75, 3.05) is 25.2 Å². The van der Waals surface area contributed by atoms with Crippen LogP contribution in [0.25, 0.3) is 5.69 Å². The van der Waals surface area contributed by atoms with Gasteiger partial charge in [-0.1, -0.05) is 6.08 Å². The van der Waals surface area contributed by atoms with Crippen molar-refractivity contribution in [1.29, 1.82) is 0 Å². The van der Waals surface area contributed by atoms with Crippen molar-refractivity contribution in [1.82, 2.24) is 14.5 Å². The molecule has 7 heteroatoms. The van der Waals surface area contributed by atoms with Crippen LogP contribution in [0.2, 0.25) is 0 Å². The number of amides is 1. The van der Waals surface area contributed by atoms with E-state index in [1.165, 1.54) is 0 Å². The van der Waals surface area contributed by atoms with E-state index >= 15 is 0 Å². The van der Waals surface area contributed by atoms with Gasteiger partial charge in [-0.25, -0.2) is 0 Å². The summed E-state index contributed by atoms with van der Waals surface area (Å²) in [6.07, 6.45) is 12.5. The second-order valence-corrected chi connectivity index (χ2v) is 7.92. The summed E-state index contributed by atoms with van der Waals surface area (Å²) in [6, 6.07) is 5.12. The Labute approximate surface area is 164 Å². The lowest BCUT2D eigenvalue weighted by atomic mass is 9.89. The van der Waals surface area contributed by atoms with Gasteiger partial charge in [0.25, 0.3) is 5.91 Å². The Morgan fingerprint density at radius 1 is 1.25 bits per heavy atom. The van der Waals surface area contributed by atoms with Crippen molar-refractivity contribution < 1.29 is 9.53 Å². The summed E-state index contributed by atoms with van der Waals surface area (Å²) >= 11 is 0. The predicted molar refractivity (Wildman–Crippen MR) is 107 cm³/mol. The van der Waals surface area contributed by atoms with Crippen LogP contribution in [0, 0.1) is 0 Å². The Bertz CT molecular complexity index is 908. The monoisotopic (exact) mass is 379 g/mol. The number of hydrogen-bond acceptors (Lipinski definition) is 5. The summed E-state index contributed by atoms with van der Waals surface area (Å²) in [6.45, 7) is 1.56. The molecule has 2 N–H and O–H groups in total. The molecule has 5 rings (SSSR count). The zero-order chi connectivity index (χ0) is 19.3. The Balaban J connectivity index is 1.59. The molecule has 1 amide bonds. The van der Waals surface area contributed by atoms with Crippen LogP contribution < -0.4 is 10.6 Å². The van der Waals surface area contributed by atoms with Gasteiger partial charge in [-0.15, -0.1) is 0 Å². The highest BCUT2D eigenvalue weighted by molar-refractivity contribution is 5.96. The number of nitrogens with two attached hydrogens (primary N) is 1. The molecule has 28 heavy (non-hydrogen) atoms. The number of allylic oxidation sites excluding steroid dienone is 1. The third-order valence-electron chi connectivity index (χ3n) is 6.36.